The minimum atomic E-state index is -3.78. The van der Waals surface area contributed by atoms with Gasteiger partial charge < -0.3 is 25.0 Å². The molecule has 1 heterocycles. The second-order valence-corrected chi connectivity index (χ2v) is 13.5. The highest BCUT2D eigenvalue weighted by Gasteiger charge is 2.43. The van der Waals surface area contributed by atoms with Gasteiger partial charge in [0.15, 0.2) is 5.78 Å². The molecule has 4 N–H and O–H groups in total. The Hall–Kier alpha value is -4.35. The molecule has 1 atom stereocenters. The van der Waals surface area contributed by atoms with Crippen LogP contribution < -0.4 is 30.1 Å². The molecule has 0 bridgehead atoms. The third-order valence-electron chi connectivity index (χ3n) is 8.04. The number of allylic oxidation sites excluding steroid dienone is 1. The van der Waals surface area contributed by atoms with Gasteiger partial charge in [-0.3, -0.25) is 9.59 Å². The van der Waals surface area contributed by atoms with Crippen molar-refractivity contribution in [1.82, 2.24) is 5.32 Å². The van der Waals surface area contributed by atoms with Gasteiger partial charge in [0.25, 0.3) is 0 Å². The quantitative estimate of drug-likeness (QED) is 0.322. The Labute approximate surface area is 258 Å². The molecule has 0 aromatic heterocycles. The molecule has 1 unspecified atom stereocenters. The first-order valence-corrected chi connectivity index (χ1v) is 15.9. The van der Waals surface area contributed by atoms with Crippen LogP contribution in [0.4, 0.5) is 11.4 Å². The van der Waals surface area contributed by atoms with Crippen LogP contribution in [-0.2, 0) is 26.0 Å². The fourth-order valence-corrected chi connectivity index (χ4v) is 6.52. The number of ether oxygens (including phenoxy) is 2. The first-order chi connectivity index (χ1) is 20.9. The number of anilines is 2. The fourth-order valence-electron chi connectivity index (χ4n) is 6.01. The van der Waals surface area contributed by atoms with E-state index in [1.54, 1.807) is 32.4 Å². The summed E-state index contributed by atoms with van der Waals surface area (Å²) in [5.41, 5.74) is 4.35. The molecule has 5 rings (SSSR count). The lowest BCUT2D eigenvalue weighted by molar-refractivity contribution is -0.120. The number of carbonyl (C=O) groups is 2. The number of fused-ring (bicyclic) bond motifs is 1. The SMILES string of the molecule is COc1ccc(OC)c(C2C3=C(CC(C)(C)CC3=O)Nc3ccccc3N2CC(=O)NCCc2ccc(S(N)(=O)=O)cc2)c1. The molecule has 1 amide bonds. The van der Waals surface area contributed by atoms with Crippen molar-refractivity contribution in [3.63, 3.8) is 0 Å². The van der Waals surface area contributed by atoms with E-state index in [0.29, 0.717) is 48.4 Å². The molecular formula is C33H38N4O6S. The number of amides is 1. The van der Waals surface area contributed by atoms with E-state index in [1.165, 1.54) is 12.1 Å². The van der Waals surface area contributed by atoms with Crippen LogP contribution in [0, 0.1) is 5.41 Å². The van der Waals surface area contributed by atoms with Crippen molar-refractivity contribution in [1.29, 1.82) is 0 Å². The molecule has 0 radical (unpaired) electrons. The van der Waals surface area contributed by atoms with E-state index in [-0.39, 0.29) is 28.5 Å². The molecule has 0 fully saturated rings. The van der Waals surface area contributed by atoms with Crippen molar-refractivity contribution < 1.29 is 27.5 Å². The first kappa shape index (κ1) is 31.1. The molecule has 1 aliphatic heterocycles. The zero-order chi connectivity index (χ0) is 31.6. The first-order valence-electron chi connectivity index (χ1n) is 14.4. The average Bonchev–Trinajstić information content (AvgIpc) is 3.10. The van der Waals surface area contributed by atoms with E-state index in [1.807, 2.05) is 41.3 Å². The topological polar surface area (TPSA) is 140 Å². The fraction of sp³-hybridized carbons (Fsp3) is 0.333. The lowest BCUT2D eigenvalue weighted by Gasteiger charge is -2.38. The van der Waals surface area contributed by atoms with E-state index < -0.39 is 16.1 Å². The highest BCUT2D eigenvalue weighted by molar-refractivity contribution is 7.89. The Morgan fingerprint density at radius 2 is 1.77 bits per heavy atom. The van der Waals surface area contributed by atoms with Gasteiger partial charge in [-0.25, -0.2) is 13.6 Å². The summed E-state index contributed by atoms with van der Waals surface area (Å²) in [6.45, 7) is 4.46. The van der Waals surface area contributed by atoms with Crippen LogP contribution in [0.15, 0.2) is 82.9 Å². The van der Waals surface area contributed by atoms with Crippen LogP contribution in [0.25, 0.3) is 0 Å². The van der Waals surface area contributed by atoms with Crippen LogP contribution in [0.1, 0.15) is 43.9 Å². The molecule has 0 saturated heterocycles. The average molecular weight is 619 g/mol. The van der Waals surface area contributed by atoms with Crippen LogP contribution >= 0.6 is 0 Å². The number of carbonyl (C=O) groups excluding carboxylic acids is 2. The molecule has 3 aromatic carbocycles. The van der Waals surface area contributed by atoms with Crippen LogP contribution in [0.5, 0.6) is 11.5 Å². The number of hydrogen-bond acceptors (Lipinski definition) is 8. The van der Waals surface area contributed by atoms with Gasteiger partial charge in [0.1, 0.15) is 11.5 Å². The van der Waals surface area contributed by atoms with Gasteiger partial charge >= 0.3 is 0 Å². The van der Waals surface area contributed by atoms with Gasteiger partial charge in [-0.05, 0) is 66.3 Å². The van der Waals surface area contributed by atoms with Gasteiger partial charge in [-0.15, -0.1) is 0 Å². The lowest BCUT2D eigenvalue weighted by Crippen LogP contribution is -2.42. The number of rotatable bonds is 9. The summed E-state index contributed by atoms with van der Waals surface area (Å²) in [5, 5.41) is 11.7. The van der Waals surface area contributed by atoms with Gasteiger partial charge in [0, 0.05) is 29.8 Å². The van der Waals surface area contributed by atoms with Crippen molar-refractivity contribution in [3.05, 3.63) is 89.1 Å². The number of ketones is 1. The number of Topliss-reactive ketones (excluding diaryl/α,β-unsaturated/α-hetero) is 1. The molecule has 10 nitrogen and oxygen atoms in total. The minimum Gasteiger partial charge on any atom is -0.497 e. The zero-order valence-corrected chi connectivity index (χ0v) is 26.2. The normalized spacial score (nSPS) is 17.6. The van der Waals surface area contributed by atoms with Gasteiger partial charge in [-0.2, -0.15) is 0 Å². The number of sulfonamides is 1. The Kier molecular flexibility index (Phi) is 8.71. The summed E-state index contributed by atoms with van der Waals surface area (Å²) in [6.07, 6.45) is 1.52. The summed E-state index contributed by atoms with van der Waals surface area (Å²) in [4.78, 5) is 29.6. The van der Waals surface area contributed by atoms with Crippen molar-refractivity contribution in [2.24, 2.45) is 10.6 Å². The third-order valence-corrected chi connectivity index (χ3v) is 8.97. The standard InChI is InChI=1S/C33H38N4O6S/c1-33(2)18-26-31(28(38)19-33)32(24-17-22(42-3)11-14-29(24)43-4)37(27-8-6-5-7-25(27)36-26)20-30(39)35-16-15-21-9-12-23(13-10-21)44(34,40)41/h5-14,17,32,36H,15-16,18-20H2,1-4H3,(H,35,39)(H2,34,40,41). The predicted octanol–water partition coefficient (Wildman–Crippen LogP) is 4.33. The Balaban J connectivity index is 1.51. The monoisotopic (exact) mass is 618 g/mol. The largest absolute Gasteiger partial charge is 0.497 e. The number of benzene rings is 3. The number of methoxy groups -OCH3 is 2. The van der Waals surface area contributed by atoms with Crippen molar-refractivity contribution in [2.75, 3.05) is 37.5 Å². The maximum atomic E-state index is 14.0. The van der Waals surface area contributed by atoms with E-state index in [4.69, 9.17) is 14.6 Å². The Bertz CT molecular complexity index is 1720. The molecule has 11 heteroatoms. The van der Waals surface area contributed by atoms with Crippen LogP contribution in [0.2, 0.25) is 0 Å². The third kappa shape index (κ3) is 6.58. The zero-order valence-electron chi connectivity index (χ0n) is 25.3. The summed E-state index contributed by atoms with van der Waals surface area (Å²) in [7, 11) is -0.608. The van der Waals surface area contributed by atoms with Crippen molar-refractivity contribution in [2.45, 2.75) is 44.0 Å². The molecule has 2 aliphatic rings. The number of para-hydroxylation sites is 2. The van der Waals surface area contributed by atoms with Gasteiger partial charge in [0.05, 0.1) is 43.1 Å². The second kappa shape index (κ2) is 12.3. The molecule has 1 aliphatic carbocycles. The highest BCUT2D eigenvalue weighted by atomic mass is 32.2. The summed E-state index contributed by atoms with van der Waals surface area (Å²) in [6, 6.07) is 18.8. The maximum absolute atomic E-state index is 14.0. The highest BCUT2D eigenvalue weighted by Crippen LogP contribution is 2.50. The summed E-state index contributed by atoms with van der Waals surface area (Å²) >= 11 is 0. The molecule has 0 spiro atoms. The molecule has 0 saturated carbocycles. The number of primary sulfonamides is 1. The minimum absolute atomic E-state index is 0.0137. The van der Waals surface area contributed by atoms with E-state index in [9.17, 15) is 18.0 Å². The number of nitrogens with two attached hydrogens (primary N) is 1. The van der Waals surface area contributed by atoms with E-state index >= 15 is 0 Å². The van der Waals surface area contributed by atoms with Gasteiger partial charge in [0.2, 0.25) is 15.9 Å². The molecular weight excluding hydrogens is 580 g/mol. The van der Waals surface area contributed by atoms with Gasteiger partial charge in [-0.1, -0.05) is 38.1 Å². The Morgan fingerprint density at radius 1 is 1.05 bits per heavy atom. The smallest absolute Gasteiger partial charge is 0.239 e. The van der Waals surface area contributed by atoms with E-state index in [0.717, 1.165) is 22.6 Å². The molecule has 44 heavy (non-hydrogen) atoms. The second-order valence-electron chi connectivity index (χ2n) is 11.9. The number of nitrogens with zero attached hydrogens (tertiary/aromatic N) is 1. The number of nitrogens with one attached hydrogen (secondary N) is 2. The number of hydrogen-bond donors (Lipinski definition) is 3. The summed E-state index contributed by atoms with van der Waals surface area (Å²) < 4.78 is 34.5. The van der Waals surface area contributed by atoms with Crippen molar-refractivity contribution in [3.8, 4) is 11.5 Å². The predicted molar refractivity (Wildman–Crippen MR) is 169 cm³/mol. The van der Waals surface area contributed by atoms with Crippen molar-refractivity contribution >= 4 is 33.1 Å². The summed E-state index contributed by atoms with van der Waals surface area (Å²) in [5.74, 6) is 0.961. The molecule has 3 aromatic rings. The maximum Gasteiger partial charge on any atom is 0.239 e. The van der Waals surface area contributed by atoms with E-state index in [2.05, 4.69) is 24.5 Å². The molecule has 232 valence electrons. The lowest BCUT2D eigenvalue weighted by atomic mass is 9.73. The van der Waals surface area contributed by atoms with Crippen LogP contribution in [0.3, 0.4) is 0 Å². The Morgan fingerprint density at radius 3 is 2.45 bits per heavy atom. The van der Waals surface area contributed by atoms with Crippen LogP contribution in [-0.4, -0.2) is 47.4 Å².